The van der Waals surface area contributed by atoms with Crippen LogP contribution in [0.3, 0.4) is 0 Å². The maximum atomic E-state index is 13.7. The molecule has 0 aliphatic heterocycles. The Hall–Kier alpha value is -6.52. The van der Waals surface area contributed by atoms with Crippen LogP contribution in [0.1, 0.15) is 226 Å². The van der Waals surface area contributed by atoms with Crippen LogP contribution in [0.5, 0.6) is 0 Å². The first kappa shape index (κ1) is 83.5. The molecule has 0 aliphatic carbocycles. The third-order valence-corrected chi connectivity index (χ3v) is 14.5. The lowest BCUT2D eigenvalue weighted by Gasteiger charge is -2.24. The average Bonchev–Trinajstić information content (AvgIpc) is 2.96. The predicted molar refractivity (Wildman–Crippen MR) is 334 cm³/mol. The molecule has 0 aromatic carbocycles. The van der Waals surface area contributed by atoms with Crippen molar-refractivity contribution in [3.63, 3.8) is 0 Å². The molecule has 0 radical (unpaired) electrons. The highest BCUT2D eigenvalue weighted by Gasteiger charge is 2.33. The third kappa shape index (κ3) is 49.3. The molecular weight excluding hydrogens is 1170 g/mol. The Bertz CT molecular complexity index is 2070. The fraction of sp³-hybridized carbons (Fsp3) is 0.806. The highest BCUT2D eigenvalue weighted by molar-refractivity contribution is 5.96. The number of carboxylic acids is 4. The van der Waals surface area contributed by atoms with E-state index in [0.29, 0.717) is 32.8 Å². The zero-order valence-corrected chi connectivity index (χ0v) is 53.8. The van der Waals surface area contributed by atoms with Crippen LogP contribution < -0.4 is 48.3 Å². The molecule has 0 spiro atoms. The van der Waals surface area contributed by atoms with E-state index in [0.717, 1.165) is 57.8 Å². The summed E-state index contributed by atoms with van der Waals surface area (Å²) >= 11 is 0. The van der Waals surface area contributed by atoms with Gasteiger partial charge in [0.2, 0.25) is 47.3 Å². The van der Waals surface area contributed by atoms with Gasteiger partial charge in [-0.15, -0.1) is 0 Å². The molecule has 0 unspecified atom stereocenters. The molecule has 28 nitrogen and oxygen atoms in total. The lowest BCUT2D eigenvalue weighted by atomic mass is 10.1. The van der Waals surface area contributed by atoms with Crippen molar-refractivity contribution in [3.8, 4) is 0 Å². The largest absolute Gasteiger partial charge is 0.481 e. The van der Waals surface area contributed by atoms with Crippen molar-refractivity contribution < 1.29 is 92.2 Å². The Labute approximate surface area is 531 Å². The lowest BCUT2D eigenvalue weighted by molar-refractivity contribution is -0.144. The van der Waals surface area contributed by atoms with E-state index < -0.39 is 147 Å². The molecule has 0 bridgehead atoms. The van der Waals surface area contributed by atoms with Crippen LogP contribution in [0.2, 0.25) is 0 Å². The van der Waals surface area contributed by atoms with Gasteiger partial charge in [-0.2, -0.15) is 0 Å². The molecule has 0 aliphatic rings. The molecule has 0 saturated heterocycles. The minimum atomic E-state index is -1.92. The number of nitrogens with one attached hydrogen (secondary N) is 8. The highest BCUT2D eigenvalue weighted by Crippen LogP contribution is 2.14. The Morgan fingerprint density at radius 2 is 0.644 bits per heavy atom. The van der Waals surface area contributed by atoms with Crippen molar-refractivity contribution in [3.05, 3.63) is 0 Å². The summed E-state index contributed by atoms with van der Waals surface area (Å²) in [4.78, 5) is 152. The topological polar surface area (TPSA) is 436 Å². The van der Waals surface area contributed by atoms with E-state index in [1.165, 1.54) is 96.3 Å². The van der Waals surface area contributed by atoms with Crippen LogP contribution in [-0.4, -0.2) is 188 Å². The van der Waals surface area contributed by atoms with Gasteiger partial charge in [0.05, 0.1) is 45.9 Å². The molecular formula is C62H111N9O19. The zero-order valence-electron chi connectivity index (χ0n) is 53.8. The number of unbranched alkanes of at least 4 members (excludes halogenated alkanes) is 22. The van der Waals surface area contributed by atoms with E-state index in [1.807, 2.05) is 0 Å². The third-order valence-electron chi connectivity index (χ3n) is 14.5. The number of carboxylic acid groups (broad SMARTS) is 4. The summed E-state index contributed by atoms with van der Waals surface area (Å²) in [5.41, 5.74) is 5.38. The second-order valence-electron chi connectivity index (χ2n) is 22.6. The fourth-order valence-electron chi connectivity index (χ4n) is 9.35. The second kappa shape index (κ2) is 56.5. The Balaban J connectivity index is 5.39. The molecule has 0 saturated carbocycles. The van der Waals surface area contributed by atoms with Gasteiger partial charge in [0.1, 0.15) is 36.8 Å². The van der Waals surface area contributed by atoms with Crippen LogP contribution in [0.4, 0.5) is 0 Å². The van der Waals surface area contributed by atoms with Gasteiger partial charge in [-0.05, 0) is 32.1 Å². The van der Waals surface area contributed by atoms with Crippen LogP contribution in [0.15, 0.2) is 0 Å². The standard InChI is InChI=1S/C62H111N9O19/c1-3-5-7-9-11-13-15-17-19-21-23-25-35-64-51(72)30-27-46(67-55(76)45-90-42-41-89-40-39-88-38-34-63)58(81)71-50(44-57(79)80)60(83)70-48(62(86)87)29-32-53(74)66-37-33-54(75)68-49(43-56(77)78)59(82)69-47(61(84)85)28-31-52(73)65-36-26-24-22-20-18-16-14-12-10-8-6-4-2/h46-50H,3-45,63H2,1-2H3,(H,64,72)(H,65,73)(H,66,74)(H,67,76)(H,68,75)(H,69,82)(H,70,83)(H,71,81)(H,77,78)(H,79,80)(H,84,85)(H,86,87)/t46-,47-,48-,49-,50-/m0/s1. The number of carbonyl (C=O) groups is 12. The molecule has 28 heteroatoms. The number of ether oxygens (including phenoxy) is 3. The normalized spacial score (nSPS) is 12.7. The van der Waals surface area contributed by atoms with Crippen molar-refractivity contribution in [1.82, 2.24) is 42.5 Å². The summed E-state index contributed by atoms with van der Waals surface area (Å²) in [5, 5.41) is 57.9. The lowest BCUT2D eigenvalue weighted by Crippen LogP contribution is -2.56. The first-order valence-electron chi connectivity index (χ1n) is 32.9. The quantitative estimate of drug-likeness (QED) is 0.0382. The Morgan fingerprint density at radius 3 is 1.02 bits per heavy atom. The Morgan fingerprint density at radius 1 is 0.333 bits per heavy atom. The van der Waals surface area contributed by atoms with Gasteiger partial charge in [0.25, 0.3) is 0 Å². The SMILES string of the molecule is CCCCCCCCCCCCCCNC(=O)CC[C@H](NC(=O)[C@H](CC(=O)O)NC(=O)CCNC(=O)CC[C@H](NC(=O)[C@H](CC(=O)O)NC(=O)[C@H](CCC(=O)NCCCCCCCCCCCCCC)NC(=O)COCCOCCOCCN)C(=O)O)C(=O)O. The number of aliphatic carboxylic acids is 4. The predicted octanol–water partition coefficient (Wildman–Crippen LogP) is 4.02. The number of carbonyl (C=O) groups excluding carboxylic acids is 8. The minimum absolute atomic E-state index is 0.0187. The average molecular weight is 1290 g/mol. The summed E-state index contributed by atoms with van der Waals surface area (Å²) in [7, 11) is 0. The van der Waals surface area contributed by atoms with Crippen molar-refractivity contribution in [2.24, 2.45) is 5.73 Å². The number of hydrogen-bond acceptors (Lipinski definition) is 16. The molecule has 0 heterocycles. The van der Waals surface area contributed by atoms with Gasteiger partial charge in [0, 0.05) is 51.9 Å². The van der Waals surface area contributed by atoms with Crippen molar-refractivity contribution >= 4 is 71.1 Å². The maximum absolute atomic E-state index is 13.7. The van der Waals surface area contributed by atoms with E-state index in [-0.39, 0.29) is 45.5 Å². The van der Waals surface area contributed by atoms with Crippen molar-refractivity contribution in [2.75, 3.05) is 65.8 Å². The molecule has 5 atom stereocenters. The number of nitrogens with two attached hydrogens (primary N) is 1. The molecule has 0 fully saturated rings. The van der Waals surface area contributed by atoms with E-state index in [4.69, 9.17) is 19.9 Å². The molecule has 14 N–H and O–H groups in total. The molecule has 8 amide bonds. The van der Waals surface area contributed by atoms with Crippen LogP contribution in [0.25, 0.3) is 0 Å². The summed E-state index contributed by atoms with van der Waals surface area (Å²) in [5.74, 6) is -13.2. The summed E-state index contributed by atoms with van der Waals surface area (Å²) in [6.45, 7) is 5.52. The van der Waals surface area contributed by atoms with E-state index in [1.54, 1.807) is 0 Å². The molecule has 0 aromatic rings. The van der Waals surface area contributed by atoms with Crippen LogP contribution >= 0.6 is 0 Å². The van der Waals surface area contributed by atoms with Gasteiger partial charge in [-0.25, -0.2) is 9.59 Å². The molecule has 518 valence electrons. The molecule has 0 aromatic heterocycles. The van der Waals surface area contributed by atoms with Gasteiger partial charge in [-0.1, -0.05) is 155 Å². The van der Waals surface area contributed by atoms with Crippen LogP contribution in [-0.2, 0) is 71.7 Å². The summed E-state index contributed by atoms with van der Waals surface area (Å²) in [6, 6.07) is -8.61. The minimum Gasteiger partial charge on any atom is -0.481 e. The second-order valence-corrected chi connectivity index (χ2v) is 22.6. The molecule has 0 rings (SSSR count). The van der Waals surface area contributed by atoms with E-state index >= 15 is 0 Å². The van der Waals surface area contributed by atoms with Gasteiger partial charge >= 0.3 is 23.9 Å². The van der Waals surface area contributed by atoms with E-state index in [9.17, 15) is 78.0 Å². The number of rotatable bonds is 62. The highest BCUT2D eigenvalue weighted by atomic mass is 16.5. The van der Waals surface area contributed by atoms with Gasteiger partial charge in [0.15, 0.2) is 0 Å². The van der Waals surface area contributed by atoms with Crippen molar-refractivity contribution in [2.45, 2.75) is 256 Å². The van der Waals surface area contributed by atoms with Gasteiger partial charge < -0.3 is 82.9 Å². The smallest absolute Gasteiger partial charge is 0.326 e. The van der Waals surface area contributed by atoms with E-state index in [2.05, 4.69) is 56.4 Å². The zero-order chi connectivity index (χ0) is 67.0. The van der Waals surface area contributed by atoms with Crippen molar-refractivity contribution in [1.29, 1.82) is 0 Å². The first-order valence-corrected chi connectivity index (χ1v) is 32.9. The fourth-order valence-corrected chi connectivity index (χ4v) is 9.35. The molecule has 90 heavy (non-hydrogen) atoms. The monoisotopic (exact) mass is 1290 g/mol. The maximum Gasteiger partial charge on any atom is 0.326 e. The summed E-state index contributed by atoms with van der Waals surface area (Å²) in [6.07, 6.45) is 22.6. The summed E-state index contributed by atoms with van der Waals surface area (Å²) < 4.78 is 15.9. The van der Waals surface area contributed by atoms with Crippen LogP contribution in [0, 0.1) is 0 Å². The number of amides is 8. The number of hydrogen-bond donors (Lipinski definition) is 13. The van der Waals surface area contributed by atoms with Gasteiger partial charge in [-0.3, -0.25) is 47.9 Å². The first-order chi connectivity index (χ1) is 43.2. The Kier molecular flexibility index (Phi) is 52.4.